The van der Waals surface area contributed by atoms with E-state index in [1.807, 2.05) is 6.07 Å². The summed E-state index contributed by atoms with van der Waals surface area (Å²) in [5.74, 6) is 0. The lowest BCUT2D eigenvalue weighted by Gasteiger charge is -2.37. The quantitative estimate of drug-likeness (QED) is 0.781. The highest BCUT2D eigenvalue weighted by atomic mass is 16.6. The van der Waals surface area contributed by atoms with E-state index in [4.69, 9.17) is 14.2 Å². The standard InChI is InChI=1S/C15H23NO3/c1-17-11-14-9-16(10-15(19-14)12-18-2)8-13-6-4-3-5-7-13/h3-7,14-15H,8-12H2,1-2H3. The highest BCUT2D eigenvalue weighted by Crippen LogP contribution is 2.15. The van der Waals surface area contributed by atoms with Gasteiger partial charge >= 0.3 is 0 Å². The molecule has 0 spiro atoms. The predicted octanol–water partition coefficient (Wildman–Crippen LogP) is 1.55. The molecule has 1 aliphatic rings. The smallest absolute Gasteiger partial charge is 0.0940 e. The average Bonchev–Trinajstić information content (AvgIpc) is 2.40. The normalized spacial score (nSPS) is 24.5. The van der Waals surface area contributed by atoms with Crippen molar-refractivity contribution in [1.82, 2.24) is 4.90 Å². The second kappa shape index (κ2) is 7.60. The van der Waals surface area contributed by atoms with E-state index in [0.29, 0.717) is 13.2 Å². The third kappa shape index (κ3) is 4.58. The molecule has 0 saturated carbocycles. The summed E-state index contributed by atoms with van der Waals surface area (Å²) >= 11 is 0. The van der Waals surface area contributed by atoms with Crippen LogP contribution >= 0.6 is 0 Å². The Labute approximate surface area is 115 Å². The first-order valence-electron chi connectivity index (χ1n) is 6.71. The topological polar surface area (TPSA) is 30.9 Å². The zero-order valence-corrected chi connectivity index (χ0v) is 11.7. The van der Waals surface area contributed by atoms with Gasteiger partial charge in [-0.1, -0.05) is 30.3 Å². The van der Waals surface area contributed by atoms with E-state index >= 15 is 0 Å². The van der Waals surface area contributed by atoms with Crippen LogP contribution in [0.3, 0.4) is 0 Å². The second-order valence-corrected chi connectivity index (χ2v) is 4.97. The maximum absolute atomic E-state index is 5.94. The number of hydrogen-bond donors (Lipinski definition) is 0. The van der Waals surface area contributed by atoms with Gasteiger partial charge in [0.15, 0.2) is 0 Å². The molecule has 0 N–H and O–H groups in total. The second-order valence-electron chi connectivity index (χ2n) is 4.97. The van der Waals surface area contributed by atoms with E-state index in [2.05, 4.69) is 29.2 Å². The number of ether oxygens (including phenoxy) is 3. The van der Waals surface area contributed by atoms with Gasteiger partial charge in [0.2, 0.25) is 0 Å². The molecule has 2 unspecified atom stereocenters. The number of methoxy groups -OCH3 is 2. The average molecular weight is 265 g/mol. The van der Waals surface area contributed by atoms with Crippen LogP contribution in [0.15, 0.2) is 30.3 Å². The molecule has 2 atom stereocenters. The van der Waals surface area contributed by atoms with Crippen molar-refractivity contribution in [1.29, 1.82) is 0 Å². The molecule has 0 radical (unpaired) electrons. The predicted molar refractivity (Wildman–Crippen MR) is 74.1 cm³/mol. The SMILES string of the molecule is COCC1CN(Cc2ccccc2)CC(COC)O1. The Morgan fingerprint density at radius 2 is 1.63 bits per heavy atom. The van der Waals surface area contributed by atoms with Gasteiger partial charge in [0.25, 0.3) is 0 Å². The van der Waals surface area contributed by atoms with Crippen molar-refractivity contribution in [2.75, 3.05) is 40.5 Å². The van der Waals surface area contributed by atoms with Crippen molar-refractivity contribution < 1.29 is 14.2 Å². The van der Waals surface area contributed by atoms with E-state index in [1.54, 1.807) is 14.2 Å². The monoisotopic (exact) mass is 265 g/mol. The van der Waals surface area contributed by atoms with Gasteiger partial charge in [0, 0.05) is 33.9 Å². The number of benzene rings is 1. The fourth-order valence-electron chi connectivity index (χ4n) is 2.54. The zero-order valence-electron chi connectivity index (χ0n) is 11.7. The fraction of sp³-hybridized carbons (Fsp3) is 0.600. The molecule has 0 aromatic heterocycles. The van der Waals surface area contributed by atoms with E-state index in [9.17, 15) is 0 Å². The molecule has 1 aromatic rings. The summed E-state index contributed by atoms with van der Waals surface area (Å²) in [5.41, 5.74) is 1.33. The van der Waals surface area contributed by atoms with Crippen molar-refractivity contribution in [2.45, 2.75) is 18.8 Å². The number of hydrogen-bond acceptors (Lipinski definition) is 4. The van der Waals surface area contributed by atoms with Crippen LogP contribution in [0.25, 0.3) is 0 Å². The molecule has 0 amide bonds. The lowest BCUT2D eigenvalue weighted by Crippen LogP contribution is -2.50. The van der Waals surface area contributed by atoms with Crippen LogP contribution in [0.2, 0.25) is 0 Å². The molecular formula is C15H23NO3. The van der Waals surface area contributed by atoms with E-state index < -0.39 is 0 Å². The third-order valence-corrected chi connectivity index (χ3v) is 3.26. The van der Waals surface area contributed by atoms with Crippen LogP contribution in [0, 0.1) is 0 Å². The minimum atomic E-state index is 0.127. The molecule has 19 heavy (non-hydrogen) atoms. The Hall–Kier alpha value is -0.940. The summed E-state index contributed by atoms with van der Waals surface area (Å²) in [5, 5.41) is 0. The Kier molecular flexibility index (Phi) is 5.79. The van der Waals surface area contributed by atoms with E-state index in [1.165, 1.54) is 5.56 Å². The van der Waals surface area contributed by atoms with Crippen molar-refractivity contribution in [2.24, 2.45) is 0 Å². The molecule has 0 bridgehead atoms. The summed E-state index contributed by atoms with van der Waals surface area (Å²) < 4.78 is 16.4. The van der Waals surface area contributed by atoms with Crippen LogP contribution in [0.4, 0.5) is 0 Å². The van der Waals surface area contributed by atoms with Crippen LogP contribution in [0.5, 0.6) is 0 Å². The lowest BCUT2D eigenvalue weighted by molar-refractivity contribution is -0.128. The Morgan fingerprint density at radius 1 is 1.05 bits per heavy atom. The van der Waals surface area contributed by atoms with Crippen molar-refractivity contribution in [3.05, 3.63) is 35.9 Å². The Balaban J connectivity index is 1.94. The highest BCUT2D eigenvalue weighted by Gasteiger charge is 2.27. The molecule has 106 valence electrons. The molecule has 1 aliphatic heterocycles. The van der Waals surface area contributed by atoms with Crippen molar-refractivity contribution >= 4 is 0 Å². The van der Waals surface area contributed by atoms with Crippen molar-refractivity contribution in [3.8, 4) is 0 Å². The van der Waals surface area contributed by atoms with Crippen molar-refractivity contribution in [3.63, 3.8) is 0 Å². The van der Waals surface area contributed by atoms with Gasteiger partial charge in [-0.2, -0.15) is 0 Å². The van der Waals surface area contributed by atoms with E-state index in [0.717, 1.165) is 19.6 Å². The summed E-state index contributed by atoms with van der Waals surface area (Å²) in [6, 6.07) is 10.5. The summed E-state index contributed by atoms with van der Waals surface area (Å²) in [4.78, 5) is 2.41. The maximum Gasteiger partial charge on any atom is 0.0940 e. The van der Waals surface area contributed by atoms with Gasteiger partial charge in [0.05, 0.1) is 25.4 Å². The van der Waals surface area contributed by atoms with Gasteiger partial charge < -0.3 is 14.2 Å². The first kappa shape index (κ1) is 14.5. The summed E-state index contributed by atoms with van der Waals surface area (Å²) in [6.07, 6.45) is 0.255. The minimum Gasteiger partial charge on any atom is -0.382 e. The fourth-order valence-corrected chi connectivity index (χ4v) is 2.54. The number of morpholine rings is 1. The molecule has 4 nitrogen and oxygen atoms in total. The van der Waals surface area contributed by atoms with Crippen LogP contribution < -0.4 is 0 Å². The van der Waals surface area contributed by atoms with Gasteiger partial charge in [-0.3, -0.25) is 4.90 Å². The first-order chi connectivity index (χ1) is 9.31. The zero-order chi connectivity index (χ0) is 13.5. The van der Waals surface area contributed by atoms with Crippen LogP contribution in [0.1, 0.15) is 5.56 Å². The first-order valence-corrected chi connectivity index (χ1v) is 6.71. The van der Waals surface area contributed by atoms with Gasteiger partial charge in [-0.05, 0) is 5.56 Å². The molecule has 1 fully saturated rings. The third-order valence-electron chi connectivity index (χ3n) is 3.26. The van der Waals surface area contributed by atoms with E-state index in [-0.39, 0.29) is 12.2 Å². The van der Waals surface area contributed by atoms with Crippen LogP contribution in [-0.2, 0) is 20.8 Å². The highest BCUT2D eigenvalue weighted by molar-refractivity contribution is 5.14. The summed E-state index contributed by atoms with van der Waals surface area (Å²) in [6.45, 7) is 4.02. The number of rotatable bonds is 6. The Morgan fingerprint density at radius 3 is 2.16 bits per heavy atom. The molecule has 1 saturated heterocycles. The summed E-state index contributed by atoms with van der Waals surface area (Å²) in [7, 11) is 3.43. The Bertz CT molecular complexity index is 344. The molecular weight excluding hydrogens is 242 g/mol. The van der Waals surface area contributed by atoms with Crippen LogP contribution in [-0.4, -0.2) is 57.6 Å². The molecule has 1 heterocycles. The van der Waals surface area contributed by atoms with Gasteiger partial charge in [0.1, 0.15) is 0 Å². The minimum absolute atomic E-state index is 0.127. The van der Waals surface area contributed by atoms with Gasteiger partial charge in [-0.15, -0.1) is 0 Å². The molecule has 0 aliphatic carbocycles. The largest absolute Gasteiger partial charge is 0.382 e. The molecule has 1 aromatic carbocycles. The van der Waals surface area contributed by atoms with Gasteiger partial charge in [-0.25, -0.2) is 0 Å². The maximum atomic E-state index is 5.94. The molecule has 2 rings (SSSR count). The molecule has 4 heteroatoms. The number of nitrogens with zero attached hydrogens (tertiary/aromatic N) is 1. The lowest BCUT2D eigenvalue weighted by atomic mass is 10.1.